The molecule has 214 valence electrons. The van der Waals surface area contributed by atoms with Crippen molar-refractivity contribution in [2.75, 3.05) is 7.11 Å². The van der Waals surface area contributed by atoms with Gasteiger partial charge in [0.1, 0.15) is 0 Å². The molecule has 0 aromatic heterocycles. The Hall–Kier alpha value is -0.353. The molecule has 4 rings (SSSR count). The van der Waals surface area contributed by atoms with Crippen LogP contribution in [0.4, 0.5) is 0 Å². The number of methoxy groups -OCH3 is 1. The van der Waals surface area contributed by atoms with E-state index in [0.717, 1.165) is 41.9 Å². The zero-order valence-electron chi connectivity index (χ0n) is 26.1. The van der Waals surface area contributed by atoms with E-state index in [1.165, 1.54) is 64.9 Å². The lowest BCUT2D eigenvalue weighted by atomic mass is 9.42. The molecule has 4 fully saturated rings. The molecule has 0 N–H and O–H groups in total. The van der Waals surface area contributed by atoms with Gasteiger partial charge in [-0.05, 0) is 128 Å². The third-order valence-corrected chi connectivity index (χ3v) is 17.9. The predicted octanol–water partition coefficient (Wildman–Crippen LogP) is 9.26. The predicted molar refractivity (Wildman–Crippen MR) is 157 cm³/mol. The molecule has 4 saturated carbocycles. The van der Waals surface area contributed by atoms with Crippen molar-refractivity contribution >= 4 is 14.3 Å². The second-order valence-electron chi connectivity index (χ2n) is 16.0. The van der Waals surface area contributed by atoms with E-state index in [9.17, 15) is 4.79 Å². The minimum absolute atomic E-state index is 0.0413. The van der Waals surface area contributed by atoms with Crippen molar-refractivity contribution in [3.8, 4) is 0 Å². The van der Waals surface area contributed by atoms with Crippen molar-refractivity contribution in [1.29, 1.82) is 0 Å². The van der Waals surface area contributed by atoms with Gasteiger partial charge in [0.2, 0.25) is 0 Å². The van der Waals surface area contributed by atoms with E-state index < -0.39 is 8.32 Å². The van der Waals surface area contributed by atoms with Gasteiger partial charge in [-0.25, -0.2) is 0 Å². The Morgan fingerprint density at radius 1 is 0.973 bits per heavy atom. The highest BCUT2D eigenvalue weighted by Gasteiger charge is 2.62. The minimum atomic E-state index is -1.73. The summed E-state index contributed by atoms with van der Waals surface area (Å²) >= 11 is 0. The van der Waals surface area contributed by atoms with Gasteiger partial charge in [-0.2, -0.15) is 0 Å². The summed E-state index contributed by atoms with van der Waals surface area (Å²) in [7, 11) is -0.209. The van der Waals surface area contributed by atoms with Crippen LogP contribution in [0.5, 0.6) is 0 Å². The molecule has 4 heteroatoms. The molecule has 5 unspecified atom stereocenters. The molecule has 37 heavy (non-hydrogen) atoms. The average molecular weight is 533 g/mol. The molecule has 0 radical (unpaired) electrons. The van der Waals surface area contributed by atoms with Crippen LogP contribution in [-0.4, -0.2) is 27.5 Å². The standard InChI is InChI=1S/C33H60O3Si/c1-11-23-20-25-27-14-13-26(22(2)12-15-30(34)35-8)32(27,6)19-17-28(25)33(7)18-16-24(21-29(23)33)36-37(9,10)31(3,4)5/h22-29H,11-21H2,1-10H3/t22-,23+,24?,25+,26?,27+,28+,29?,32?,33?/m1/s1. The topological polar surface area (TPSA) is 35.5 Å². The highest BCUT2D eigenvalue weighted by molar-refractivity contribution is 6.74. The Balaban J connectivity index is 1.50. The Morgan fingerprint density at radius 3 is 2.24 bits per heavy atom. The molecular formula is C33H60O3Si. The summed E-state index contributed by atoms with van der Waals surface area (Å²) in [5.74, 6) is 5.71. The van der Waals surface area contributed by atoms with Crippen LogP contribution in [0, 0.1) is 52.3 Å². The molecule has 0 saturated heterocycles. The Morgan fingerprint density at radius 2 is 1.62 bits per heavy atom. The Labute approximate surface area is 230 Å². The lowest BCUT2D eigenvalue weighted by Gasteiger charge is -2.64. The number of fused-ring (bicyclic) bond motifs is 5. The fourth-order valence-electron chi connectivity index (χ4n) is 10.2. The molecule has 0 aliphatic heterocycles. The van der Waals surface area contributed by atoms with Gasteiger partial charge < -0.3 is 9.16 Å². The highest BCUT2D eigenvalue weighted by atomic mass is 28.4. The van der Waals surface area contributed by atoms with Gasteiger partial charge in [0, 0.05) is 12.5 Å². The lowest BCUT2D eigenvalue weighted by Crippen LogP contribution is -2.57. The first-order chi connectivity index (χ1) is 17.2. The van der Waals surface area contributed by atoms with Gasteiger partial charge in [-0.1, -0.05) is 54.9 Å². The molecule has 0 amide bonds. The first-order valence-electron chi connectivity index (χ1n) is 15.9. The quantitative estimate of drug-likeness (QED) is 0.242. The SMILES string of the molecule is CC[C@H]1C[C@@H]2[C@H](CCC3(C)C([C@H](C)CCC(=O)OC)CC[C@@H]23)C2(C)CCC(O[Si](C)(C)C(C)(C)C)CC12. The van der Waals surface area contributed by atoms with E-state index in [1.807, 2.05) is 0 Å². The fraction of sp³-hybridized carbons (Fsp3) is 0.970. The second-order valence-corrected chi connectivity index (χ2v) is 20.7. The lowest BCUT2D eigenvalue weighted by molar-refractivity contribution is -0.151. The molecule has 4 aliphatic carbocycles. The summed E-state index contributed by atoms with van der Waals surface area (Å²) in [6, 6.07) is 0. The number of carbonyl (C=O) groups is 1. The molecule has 0 aromatic carbocycles. The molecule has 10 atom stereocenters. The van der Waals surface area contributed by atoms with Crippen LogP contribution in [0.2, 0.25) is 18.1 Å². The molecule has 0 aromatic rings. The molecule has 0 heterocycles. The number of rotatable bonds is 7. The monoisotopic (exact) mass is 532 g/mol. The van der Waals surface area contributed by atoms with Crippen LogP contribution in [0.3, 0.4) is 0 Å². The van der Waals surface area contributed by atoms with E-state index in [0.29, 0.717) is 29.3 Å². The highest BCUT2D eigenvalue weighted by Crippen LogP contribution is 2.69. The van der Waals surface area contributed by atoms with Crippen molar-refractivity contribution in [1.82, 2.24) is 0 Å². The number of hydrogen-bond donors (Lipinski definition) is 0. The molecule has 0 spiro atoms. The number of hydrogen-bond acceptors (Lipinski definition) is 3. The van der Waals surface area contributed by atoms with E-state index in [2.05, 4.69) is 61.6 Å². The zero-order chi connectivity index (χ0) is 27.4. The smallest absolute Gasteiger partial charge is 0.305 e. The number of ether oxygens (including phenoxy) is 1. The van der Waals surface area contributed by atoms with Gasteiger partial charge in [0.25, 0.3) is 0 Å². The molecule has 4 aliphatic rings. The van der Waals surface area contributed by atoms with E-state index >= 15 is 0 Å². The van der Waals surface area contributed by atoms with E-state index in [-0.39, 0.29) is 11.0 Å². The third kappa shape index (κ3) is 5.25. The van der Waals surface area contributed by atoms with Gasteiger partial charge in [-0.3, -0.25) is 4.79 Å². The Bertz CT molecular complexity index is 817. The van der Waals surface area contributed by atoms with Crippen molar-refractivity contribution in [3.05, 3.63) is 0 Å². The third-order valence-electron chi connectivity index (χ3n) is 13.4. The number of carbonyl (C=O) groups excluding carboxylic acids is 1. The van der Waals surface area contributed by atoms with Crippen LogP contribution in [0.1, 0.15) is 119 Å². The van der Waals surface area contributed by atoms with Crippen LogP contribution < -0.4 is 0 Å². The maximum Gasteiger partial charge on any atom is 0.305 e. The van der Waals surface area contributed by atoms with Crippen molar-refractivity contribution < 1.29 is 14.0 Å². The maximum atomic E-state index is 11.8. The first-order valence-corrected chi connectivity index (χ1v) is 18.8. The van der Waals surface area contributed by atoms with Gasteiger partial charge >= 0.3 is 5.97 Å². The maximum absolute atomic E-state index is 11.8. The molecule has 3 nitrogen and oxygen atoms in total. The van der Waals surface area contributed by atoms with Gasteiger partial charge in [-0.15, -0.1) is 0 Å². The molecular weight excluding hydrogens is 472 g/mol. The normalized spacial score (nSPS) is 42.9. The Kier molecular flexibility index (Phi) is 8.46. The van der Waals surface area contributed by atoms with Crippen LogP contribution in [-0.2, 0) is 14.0 Å². The van der Waals surface area contributed by atoms with Gasteiger partial charge in [0.15, 0.2) is 8.32 Å². The zero-order valence-corrected chi connectivity index (χ0v) is 27.1. The summed E-state index contributed by atoms with van der Waals surface area (Å²) in [6.45, 7) is 22.3. The van der Waals surface area contributed by atoms with Crippen LogP contribution >= 0.6 is 0 Å². The largest absolute Gasteiger partial charge is 0.469 e. The summed E-state index contributed by atoms with van der Waals surface area (Å²) in [4.78, 5) is 11.8. The van der Waals surface area contributed by atoms with Crippen molar-refractivity contribution in [3.63, 3.8) is 0 Å². The van der Waals surface area contributed by atoms with E-state index in [4.69, 9.17) is 9.16 Å². The van der Waals surface area contributed by atoms with Crippen LogP contribution in [0.15, 0.2) is 0 Å². The summed E-state index contributed by atoms with van der Waals surface area (Å²) in [6.07, 6.45) is 14.4. The summed E-state index contributed by atoms with van der Waals surface area (Å²) in [5, 5.41) is 0.288. The second kappa shape index (κ2) is 10.6. The van der Waals surface area contributed by atoms with E-state index in [1.54, 1.807) is 0 Å². The minimum Gasteiger partial charge on any atom is -0.469 e. The van der Waals surface area contributed by atoms with Crippen molar-refractivity contribution in [2.24, 2.45) is 52.3 Å². The van der Waals surface area contributed by atoms with Crippen LogP contribution in [0.25, 0.3) is 0 Å². The summed E-state index contributed by atoms with van der Waals surface area (Å²) in [5.41, 5.74) is 0.952. The average Bonchev–Trinajstić information content (AvgIpc) is 3.18. The fourth-order valence-corrected chi connectivity index (χ4v) is 11.6. The molecule has 0 bridgehead atoms. The first kappa shape index (κ1) is 29.6. The summed E-state index contributed by atoms with van der Waals surface area (Å²) < 4.78 is 12.0. The van der Waals surface area contributed by atoms with Crippen molar-refractivity contribution in [2.45, 2.75) is 143 Å². The number of esters is 1. The van der Waals surface area contributed by atoms with Gasteiger partial charge in [0.05, 0.1) is 7.11 Å².